The van der Waals surface area contributed by atoms with Crippen LogP contribution >= 0.6 is 39.1 Å². The molecular weight excluding hydrogens is 347 g/mol. The van der Waals surface area contributed by atoms with Crippen LogP contribution in [0, 0.1) is 11.3 Å². The molecule has 2 atom stereocenters. The van der Waals surface area contributed by atoms with Crippen LogP contribution in [0.4, 0.5) is 0 Å². The molecule has 1 heterocycles. The second-order valence-corrected chi connectivity index (χ2v) is 7.13. The average molecular weight is 364 g/mol. The van der Waals surface area contributed by atoms with Gasteiger partial charge in [-0.15, -0.1) is 0 Å². The summed E-state index contributed by atoms with van der Waals surface area (Å²) in [6, 6.07) is 5.75. The molecule has 1 aromatic carbocycles. The summed E-state index contributed by atoms with van der Waals surface area (Å²) < 4.78 is 6.02. The van der Waals surface area contributed by atoms with Gasteiger partial charge in [-0.1, -0.05) is 45.2 Å². The van der Waals surface area contributed by atoms with Crippen LogP contribution in [-0.4, -0.2) is 18.0 Å². The number of hydrogen-bond donors (Lipinski definition) is 0. The fraction of sp³-hybridized carbons (Fsp3) is 0.600. The molecule has 3 rings (SSSR count). The summed E-state index contributed by atoms with van der Waals surface area (Å²) in [5.74, 6) is 0.737. The molecule has 0 N–H and O–H groups in total. The Morgan fingerprint density at radius 2 is 1.95 bits per heavy atom. The molecule has 0 amide bonds. The first-order chi connectivity index (χ1) is 9.16. The largest absolute Gasteiger partial charge is 0.377 e. The predicted octanol–water partition coefficient (Wildman–Crippen LogP) is 5.12. The zero-order valence-corrected chi connectivity index (χ0v) is 13.8. The highest BCUT2D eigenvalue weighted by atomic mass is 79.9. The Kier molecular flexibility index (Phi) is 4.15. The van der Waals surface area contributed by atoms with Gasteiger partial charge in [0.1, 0.15) is 0 Å². The second kappa shape index (κ2) is 5.55. The second-order valence-electron chi connectivity index (χ2n) is 5.75. The molecule has 1 saturated carbocycles. The molecule has 1 aromatic rings. The summed E-state index contributed by atoms with van der Waals surface area (Å²) in [6.07, 6.45) is 4.95. The third-order valence-electron chi connectivity index (χ3n) is 4.41. The maximum atomic E-state index is 6.33. The topological polar surface area (TPSA) is 9.23 Å². The van der Waals surface area contributed by atoms with Crippen LogP contribution < -0.4 is 0 Å². The van der Waals surface area contributed by atoms with Gasteiger partial charge in [-0.2, -0.15) is 0 Å². The zero-order valence-electron chi connectivity index (χ0n) is 10.7. The quantitative estimate of drug-likeness (QED) is 0.675. The fourth-order valence-electron chi connectivity index (χ4n) is 3.18. The van der Waals surface area contributed by atoms with Gasteiger partial charge in [0.2, 0.25) is 0 Å². The van der Waals surface area contributed by atoms with Crippen LogP contribution in [-0.2, 0) is 11.2 Å². The lowest BCUT2D eigenvalue weighted by atomic mass is 9.76. The predicted molar refractivity (Wildman–Crippen MR) is 83.5 cm³/mol. The molecule has 1 nitrogen and oxygen atoms in total. The van der Waals surface area contributed by atoms with Crippen LogP contribution in [0.2, 0.25) is 10.0 Å². The van der Waals surface area contributed by atoms with Crippen LogP contribution in [0.5, 0.6) is 0 Å². The lowest BCUT2D eigenvalue weighted by Crippen LogP contribution is -2.36. The summed E-state index contributed by atoms with van der Waals surface area (Å²) in [5, 5.41) is 2.49. The summed E-state index contributed by atoms with van der Waals surface area (Å²) in [5.41, 5.74) is 1.22. The molecule has 1 aliphatic heterocycles. The minimum Gasteiger partial charge on any atom is -0.377 e. The van der Waals surface area contributed by atoms with Gasteiger partial charge in [0.05, 0.1) is 6.10 Å². The third kappa shape index (κ3) is 2.70. The van der Waals surface area contributed by atoms with Gasteiger partial charge in [-0.05, 0) is 49.3 Å². The number of rotatable bonds is 4. The smallest absolute Gasteiger partial charge is 0.0671 e. The van der Waals surface area contributed by atoms with Crippen molar-refractivity contribution in [2.24, 2.45) is 11.3 Å². The minimum atomic E-state index is 0.149. The van der Waals surface area contributed by atoms with Gasteiger partial charge >= 0.3 is 0 Å². The first-order valence-electron chi connectivity index (χ1n) is 6.77. The van der Waals surface area contributed by atoms with E-state index in [1.54, 1.807) is 0 Å². The van der Waals surface area contributed by atoms with Crippen molar-refractivity contribution in [1.82, 2.24) is 0 Å². The Morgan fingerprint density at radius 3 is 2.53 bits per heavy atom. The molecule has 2 aliphatic rings. The van der Waals surface area contributed by atoms with E-state index in [9.17, 15) is 0 Å². The number of benzene rings is 1. The highest BCUT2D eigenvalue weighted by molar-refractivity contribution is 9.09. The van der Waals surface area contributed by atoms with Crippen LogP contribution in [0.15, 0.2) is 18.2 Å². The monoisotopic (exact) mass is 362 g/mol. The van der Waals surface area contributed by atoms with Crippen molar-refractivity contribution in [2.75, 3.05) is 11.9 Å². The van der Waals surface area contributed by atoms with E-state index in [-0.39, 0.29) is 5.41 Å². The molecule has 0 bridgehead atoms. The third-order valence-corrected chi connectivity index (χ3v) is 6.23. The molecular formula is C15H17BrCl2O. The molecule has 0 aromatic heterocycles. The van der Waals surface area contributed by atoms with E-state index in [1.807, 2.05) is 18.2 Å². The molecule has 4 heteroatoms. The van der Waals surface area contributed by atoms with Crippen LogP contribution in [0.1, 0.15) is 24.8 Å². The van der Waals surface area contributed by atoms with Crippen molar-refractivity contribution in [3.63, 3.8) is 0 Å². The van der Waals surface area contributed by atoms with E-state index in [2.05, 4.69) is 15.9 Å². The number of ether oxygens (including phenoxy) is 1. The Labute approximate surface area is 132 Å². The molecule has 2 fully saturated rings. The SMILES string of the molecule is Clc1cccc(Cl)c1CC1(CBr)CCOC1C1CC1. The minimum absolute atomic E-state index is 0.149. The van der Waals surface area contributed by atoms with Gasteiger partial charge < -0.3 is 4.74 Å². The van der Waals surface area contributed by atoms with Crippen molar-refractivity contribution < 1.29 is 4.74 Å². The van der Waals surface area contributed by atoms with Crippen molar-refractivity contribution in [1.29, 1.82) is 0 Å². The van der Waals surface area contributed by atoms with Gasteiger partial charge in [0.25, 0.3) is 0 Å². The van der Waals surface area contributed by atoms with Crippen molar-refractivity contribution in [3.8, 4) is 0 Å². The van der Waals surface area contributed by atoms with Gasteiger partial charge in [-0.25, -0.2) is 0 Å². The highest BCUT2D eigenvalue weighted by Crippen LogP contribution is 2.51. The summed E-state index contributed by atoms with van der Waals surface area (Å²) in [4.78, 5) is 0. The summed E-state index contributed by atoms with van der Waals surface area (Å²) in [7, 11) is 0. The summed E-state index contributed by atoms with van der Waals surface area (Å²) >= 11 is 16.4. The zero-order chi connectivity index (χ0) is 13.5. The first-order valence-corrected chi connectivity index (χ1v) is 8.64. The van der Waals surface area contributed by atoms with Crippen molar-refractivity contribution in [3.05, 3.63) is 33.8 Å². The van der Waals surface area contributed by atoms with E-state index >= 15 is 0 Å². The van der Waals surface area contributed by atoms with Crippen molar-refractivity contribution in [2.45, 2.75) is 31.8 Å². The highest BCUT2D eigenvalue weighted by Gasteiger charge is 2.50. The average Bonchev–Trinajstić information content (AvgIpc) is 3.15. The number of alkyl halides is 1. The van der Waals surface area contributed by atoms with Crippen LogP contribution in [0.3, 0.4) is 0 Å². The van der Waals surface area contributed by atoms with E-state index < -0.39 is 0 Å². The standard InChI is InChI=1S/C15H17BrCl2O/c16-9-15(6-7-19-14(15)10-4-5-10)8-11-12(17)2-1-3-13(11)18/h1-3,10,14H,4-9H2. The Bertz CT molecular complexity index is 455. The maximum Gasteiger partial charge on any atom is 0.0671 e. The lowest BCUT2D eigenvalue weighted by molar-refractivity contribution is 0.0413. The molecule has 2 unspecified atom stereocenters. The van der Waals surface area contributed by atoms with E-state index in [4.69, 9.17) is 27.9 Å². The molecule has 1 saturated heterocycles. The van der Waals surface area contributed by atoms with E-state index in [1.165, 1.54) is 12.8 Å². The number of hydrogen-bond acceptors (Lipinski definition) is 1. The molecule has 104 valence electrons. The maximum absolute atomic E-state index is 6.33. The van der Waals surface area contributed by atoms with Gasteiger partial charge in [-0.3, -0.25) is 0 Å². The van der Waals surface area contributed by atoms with Gasteiger partial charge in [0.15, 0.2) is 0 Å². The molecule has 0 radical (unpaired) electrons. The fourth-order valence-corrected chi connectivity index (χ4v) is 4.50. The van der Waals surface area contributed by atoms with E-state index in [0.717, 1.165) is 46.3 Å². The Morgan fingerprint density at radius 1 is 1.26 bits per heavy atom. The summed E-state index contributed by atoms with van der Waals surface area (Å²) in [6.45, 7) is 0.856. The van der Waals surface area contributed by atoms with E-state index in [0.29, 0.717) is 6.10 Å². The Balaban J connectivity index is 1.90. The van der Waals surface area contributed by atoms with Crippen LogP contribution in [0.25, 0.3) is 0 Å². The van der Waals surface area contributed by atoms with Crippen molar-refractivity contribution >= 4 is 39.1 Å². The molecule has 19 heavy (non-hydrogen) atoms. The lowest BCUT2D eigenvalue weighted by Gasteiger charge is -2.33. The molecule has 1 aliphatic carbocycles. The normalized spacial score (nSPS) is 30.8. The van der Waals surface area contributed by atoms with Gasteiger partial charge in [0, 0.05) is 27.4 Å². The first kappa shape index (κ1) is 14.2. The number of halogens is 3. The molecule has 0 spiro atoms. The Hall–Kier alpha value is 0.240.